The molecule has 20 heavy (non-hydrogen) atoms. The molecule has 2 heterocycles. The van der Waals surface area contributed by atoms with Crippen molar-refractivity contribution in [1.29, 1.82) is 0 Å². The summed E-state index contributed by atoms with van der Waals surface area (Å²) < 4.78 is 7.96. The maximum absolute atomic E-state index is 5.28. The molecular weight excluding hydrogens is 290 g/mol. The van der Waals surface area contributed by atoms with E-state index in [2.05, 4.69) is 22.1 Å². The van der Waals surface area contributed by atoms with E-state index in [9.17, 15) is 0 Å². The second kappa shape index (κ2) is 6.03. The Morgan fingerprint density at radius 2 is 2.20 bits per heavy atom. The lowest BCUT2D eigenvalue weighted by atomic mass is 10.0. The predicted octanol–water partition coefficient (Wildman–Crippen LogP) is 3.48. The van der Waals surface area contributed by atoms with Crippen LogP contribution in [0.3, 0.4) is 0 Å². The van der Waals surface area contributed by atoms with Crippen molar-refractivity contribution in [2.75, 3.05) is 13.7 Å². The van der Waals surface area contributed by atoms with Crippen molar-refractivity contribution in [3.8, 4) is 5.75 Å². The molecule has 0 N–H and O–H groups in total. The van der Waals surface area contributed by atoms with E-state index >= 15 is 0 Å². The zero-order valence-electron chi connectivity index (χ0n) is 11.4. The van der Waals surface area contributed by atoms with Gasteiger partial charge in [0.05, 0.1) is 13.8 Å². The van der Waals surface area contributed by atoms with Gasteiger partial charge >= 0.3 is 0 Å². The molecule has 3 rings (SSSR count). The fraction of sp³-hybridized carbons (Fsp3) is 0.429. The molecule has 106 valence electrons. The van der Waals surface area contributed by atoms with E-state index in [0.717, 1.165) is 22.9 Å². The van der Waals surface area contributed by atoms with E-state index in [0.29, 0.717) is 6.04 Å². The van der Waals surface area contributed by atoms with Gasteiger partial charge in [-0.25, -0.2) is 4.68 Å². The van der Waals surface area contributed by atoms with E-state index in [1.807, 2.05) is 16.8 Å². The summed E-state index contributed by atoms with van der Waals surface area (Å²) in [7, 11) is 1.70. The first kappa shape index (κ1) is 13.7. The third-order valence-corrected chi connectivity index (χ3v) is 4.84. The van der Waals surface area contributed by atoms with Crippen LogP contribution < -0.4 is 4.74 Å². The highest BCUT2D eigenvalue weighted by molar-refractivity contribution is 7.73. The van der Waals surface area contributed by atoms with Gasteiger partial charge in [0.2, 0.25) is 0 Å². The fourth-order valence-corrected chi connectivity index (χ4v) is 3.41. The molecule has 1 atom stereocenters. The molecule has 0 bridgehead atoms. The minimum absolute atomic E-state index is 0.449. The lowest BCUT2D eigenvalue weighted by molar-refractivity contribution is 0.190. The first-order valence-corrected chi connectivity index (χ1v) is 7.95. The van der Waals surface area contributed by atoms with Crippen LogP contribution in [-0.2, 0) is 6.67 Å². The van der Waals surface area contributed by atoms with Crippen LogP contribution in [0.5, 0.6) is 5.75 Å². The lowest BCUT2D eigenvalue weighted by Gasteiger charge is -2.24. The second-order valence-corrected chi connectivity index (χ2v) is 6.37. The largest absolute Gasteiger partial charge is 0.497 e. The summed E-state index contributed by atoms with van der Waals surface area (Å²) in [5.74, 6) is 0.903. The van der Waals surface area contributed by atoms with Crippen molar-refractivity contribution in [3.63, 3.8) is 0 Å². The lowest BCUT2D eigenvalue weighted by Crippen LogP contribution is -2.26. The van der Waals surface area contributed by atoms with Gasteiger partial charge < -0.3 is 4.74 Å². The molecule has 1 fully saturated rings. The molecule has 1 aromatic carbocycles. The van der Waals surface area contributed by atoms with Crippen LogP contribution in [0.1, 0.15) is 24.4 Å². The van der Waals surface area contributed by atoms with Crippen LogP contribution in [-0.4, -0.2) is 28.3 Å². The minimum Gasteiger partial charge on any atom is -0.497 e. The molecule has 1 unspecified atom stereocenters. The highest BCUT2D eigenvalue weighted by Gasteiger charge is 2.26. The molecule has 6 heteroatoms. The van der Waals surface area contributed by atoms with Crippen LogP contribution in [0, 0.1) is 3.95 Å². The van der Waals surface area contributed by atoms with E-state index in [1.165, 1.54) is 29.7 Å². The monoisotopic (exact) mass is 307 g/mol. The molecule has 0 amide bonds. The number of aromatic nitrogens is 2. The standard InChI is InChI=1S/C14H17N3OS2/c1-18-12-6-4-11(5-7-12)13-3-2-8-16(13)10-17-14(19)20-9-15-17/h4-7,9,13H,2-3,8,10H2,1H3. The molecule has 1 aliphatic rings. The van der Waals surface area contributed by atoms with Gasteiger partial charge in [-0.1, -0.05) is 23.5 Å². The number of rotatable bonds is 4. The zero-order valence-corrected chi connectivity index (χ0v) is 13.0. The summed E-state index contributed by atoms with van der Waals surface area (Å²) in [4.78, 5) is 2.44. The molecule has 1 saturated heterocycles. The number of ether oxygens (including phenoxy) is 1. The molecule has 0 spiro atoms. The van der Waals surface area contributed by atoms with Gasteiger partial charge in [0, 0.05) is 12.6 Å². The fourth-order valence-electron chi connectivity index (χ4n) is 2.70. The predicted molar refractivity (Wildman–Crippen MR) is 82.6 cm³/mol. The number of likely N-dealkylation sites (tertiary alicyclic amines) is 1. The zero-order chi connectivity index (χ0) is 13.9. The summed E-state index contributed by atoms with van der Waals surface area (Å²) >= 11 is 6.80. The van der Waals surface area contributed by atoms with E-state index in [1.54, 1.807) is 12.6 Å². The van der Waals surface area contributed by atoms with Crippen molar-refractivity contribution in [2.24, 2.45) is 0 Å². The van der Waals surface area contributed by atoms with E-state index < -0.39 is 0 Å². The third-order valence-electron chi connectivity index (χ3n) is 3.73. The number of hydrogen-bond donors (Lipinski definition) is 0. The van der Waals surface area contributed by atoms with Crippen molar-refractivity contribution < 1.29 is 4.74 Å². The SMILES string of the molecule is COc1ccc(C2CCCN2Cn2ncsc2=S)cc1. The molecule has 4 nitrogen and oxygen atoms in total. The van der Waals surface area contributed by atoms with Crippen molar-refractivity contribution in [3.05, 3.63) is 39.3 Å². The Hall–Kier alpha value is -1.24. The van der Waals surface area contributed by atoms with Gasteiger partial charge in [0.1, 0.15) is 11.3 Å². The van der Waals surface area contributed by atoms with Crippen LogP contribution in [0.15, 0.2) is 29.8 Å². The van der Waals surface area contributed by atoms with Crippen LogP contribution in [0.4, 0.5) is 0 Å². The van der Waals surface area contributed by atoms with E-state index in [-0.39, 0.29) is 0 Å². The van der Waals surface area contributed by atoms with Gasteiger partial charge in [0.25, 0.3) is 0 Å². The highest BCUT2D eigenvalue weighted by atomic mass is 32.1. The van der Waals surface area contributed by atoms with Gasteiger partial charge in [0.15, 0.2) is 3.95 Å². The first-order valence-electron chi connectivity index (χ1n) is 6.66. The summed E-state index contributed by atoms with van der Waals surface area (Å²) in [5, 5.41) is 4.30. The molecule has 1 aliphatic heterocycles. The molecule has 0 radical (unpaired) electrons. The van der Waals surface area contributed by atoms with Gasteiger partial charge in [-0.3, -0.25) is 4.90 Å². The average Bonchev–Trinajstić information content (AvgIpc) is 3.09. The Kier molecular flexibility index (Phi) is 4.14. The molecule has 0 saturated carbocycles. The normalized spacial score (nSPS) is 19.4. The molecule has 1 aromatic heterocycles. The Bertz CT molecular complexity index is 620. The molecular formula is C14H17N3OS2. The van der Waals surface area contributed by atoms with Gasteiger partial charge in [-0.15, -0.1) is 0 Å². The summed E-state index contributed by atoms with van der Waals surface area (Å²) in [6, 6.07) is 8.81. The summed E-state index contributed by atoms with van der Waals surface area (Å²) in [6.45, 7) is 1.87. The summed E-state index contributed by atoms with van der Waals surface area (Å²) in [6.07, 6.45) is 2.40. The van der Waals surface area contributed by atoms with Crippen LogP contribution in [0.25, 0.3) is 0 Å². The highest BCUT2D eigenvalue weighted by Crippen LogP contribution is 2.33. The number of nitrogens with zero attached hydrogens (tertiary/aromatic N) is 3. The van der Waals surface area contributed by atoms with Crippen LogP contribution in [0.2, 0.25) is 0 Å². The summed E-state index contributed by atoms with van der Waals surface area (Å²) in [5.41, 5.74) is 3.14. The number of hydrogen-bond acceptors (Lipinski definition) is 5. The number of methoxy groups -OCH3 is 1. The Morgan fingerprint density at radius 1 is 1.40 bits per heavy atom. The molecule has 2 aromatic rings. The topological polar surface area (TPSA) is 30.3 Å². The van der Waals surface area contributed by atoms with Gasteiger partial charge in [-0.2, -0.15) is 5.10 Å². The van der Waals surface area contributed by atoms with Crippen LogP contribution >= 0.6 is 23.6 Å². The third kappa shape index (κ3) is 2.77. The Balaban J connectivity index is 1.77. The smallest absolute Gasteiger partial charge is 0.180 e. The molecule has 0 aliphatic carbocycles. The second-order valence-electron chi connectivity index (χ2n) is 4.89. The maximum atomic E-state index is 5.28. The maximum Gasteiger partial charge on any atom is 0.180 e. The quantitative estimate of drug-likeness (QED) is 0.809. The van der Waals surface area contributed by atoms with Crippen molar-refractivity contribution >= 4 is 23.6 Å². The van der Waals surface area contributed by atoms with Crippen molar-refractivity contribution in [1.82, 2.24) is 14.7 Å². The number of benzene rings is 1. The first-order chi connectivity index (χ1) is 9.78. The van der Waals surface area contributed by atoms with Crippen molar-refractivity contribution in [2.45, 2.75) is 25.6 Å². The Morgan fingerprint density at radius 3 is 2.85 bits per heavy atom. The van der Waals surface area contributed by atoms with E-state index in [4.69, 9.17) is 17.0 Å². The minimum atomic E-state index is 0.449. The average molecular weight is 307 g/mol. The van der Waals surface area contributed by atoms with Gasteiger partial charge in [-0.05, 0) is 42.8 Å². The Labute approximate surface area is 127 Å².